The molecule has 0 saturated carbocycles. The number of nitriles is 2. The monoisotopic (exact) mass is 359 g/mol. The molecule has 1 fully saturated rings. The predicted octanol–water partition coefficient (Wildman–Crippen LogP) is 2.64. The Hall–Kier alpha value is -2.28. The molecule has 7 heteroatoms. The fourth-order valence-electron chi connectivity index (χ4n) is 2.97. The molecule has 0 spiro atoms. The van der Waals surface area contributed by atoms with Crippen LogP contribution in [0.3, 0.4) is 0 Å². The third-order valence-electron chi connectivity index (χ3n) is 4.36. The highest BCUT2D eigenvalue weighted by Gasteiger charge is 2.31. The lowest BCUT2D eigenvalue weighted by Gasteiger charge is -2.23. The number of carbonyl (C=O) groups excluding carboxylic acids is 1. The minimum absolute atomic E-state index is 0.126. The van der Waals surface area contributed by atoms with Crippen molar-refractivity contribution in [2.75, 3.05) is 18.4 Å². The van der Waals surface area contributed by atoms with Crippen LogP contribution in [0.15, 0.2) is 18.2 Å². The van der Waals surface area contributed by atoms with Crippen LogP contribution < -0.4 is 11.1 Å². The van der Waals surface area contributed by atoms with Crippen molar-refractivity contribution in [2.24, 2.45) is 5.73 Å². The van der Waals surface area contributed by atoms with Crippen LogP contribution in [0, 0.1) is 22.7 Å². The van der Waals surface area contributed by atoms with Crippen molar-refractivity contribution >= 4 is 23.2 Å². The van der Waals surface area contributed by atoms with Crippen LogP contribution in [-0.2, 0) is 4.79 Å². The lowest BCUT2D eigenvalue weighted by Crippen LogP contribution is -2.45. The Morgan fingerprint density at radius 1 is 1.44 bits per heavy atom. The van der Waals surface area contributed by atoms with Crippen LogP contribution in [0.1, 0.15) is 37.7 Å². The number of carbonyl (C=O) groups is 1. The van der Waals surface area contributed by atoms with Crippen molar-refractivity contribution in [1.82, 2.24) is 4.90 Å². The fraction of sp³-hybridized carbons (Fsp3) is 0.500. The largest absolute Gasteiger partial charge is 0.384 e. The van der Waals surface area contributed by atoms with Gasteiger partial charge in [-0.3, -0.25) is 4.79 Å². The van der Waals surface area contributed by atoms with Crippen molar-refractivity contribution in [3.05, 3.63) is 28.8 Å². The minimum atomic E-state index is -0.560. The van der Waals surface area contributed by atoms with Crippen LogP contribution >= 0.6 is 11.6 Å². The first-order chi connectivity index (χ1) is 12.1. The SMILES string of the molecule is N#Cc1ccc(Cl)cc1NCCCC[C@H](N)C(=O)N1CCC[C@H]1C#N. The van der Waals surface area contributed by atoms with E-state index in [0.717, 1.165) is 25.7 Å². The van der Waals surface area contributed by atoms with Gasteiger partial charge >= 0.3 is 0 Å². The van der Waals surface area contributed by atoms with Gasteiger partial charge in [0.2, 0.25) is 5.91 Å². The topological polar surface area (TPSA) is 106 Å². The van der Waals surface area contributed by atoms with Crippen molar-refractivity contribution in [2.45, 2.75) is 44.2 Å². The average Bonchev–Trinajstić information content (AvgIpc) is 3.09. The lowest BCUT2D eigenvalue weighted by atomic mass is 10.1. The third kappa shape index (κ3) is 5.09. The molecule has 0 radical (unpaired) electrons. The summed E-state index contributed by atoms with van der Waals surface area (Å²) in [5.41, 5.74) is 7.25. The molecule has 0 bridgehead atoms. The van der Waals surface area contributed by atoms with Gasteiger partial charge in [-0.05, 0) is 50.3 Å². The first-order valence-electron chi connectivity index (χ1n) is 8.46. The minimum Gasteiger partial charge on any atom is -0.384 e. The van der Waals surface area contributed by atoms with E-state index in [2.05, 4.69) is 17.5 Å². The average molecular weight is 360 g/mol. The van der Waals surface area contributed by atoms with E-state index < -0.39 is 6.04 Å². The first kappa shape index (κ1) is 19.1. The van der Waals surface area contributed by atoms with Gasteiger partial charge in [-0.25, -0.2) is 0 Å². The summed E-state index contributed by atoms with van der Waals surface area (Å²) in [4.78, 5) is 13.9. The molecule has 2 atom stereocenters. The summed E-state index contributed by atoms with van der Waals surface area (Å²) in [5, 5.41) is 21.9. The van der Waals surface area contributed by atoms with E-state index in [1.165, 1.54) is 0 Å². The number of nitrogens with one attached hydrogen (secondary N) is 1. The zero-order valence-corrected chi connectivity index (χ0v) is 14.8. The number of anilines is 1. The summed E-state index contributed by atoms with van der Waals surface area (Å²) in [6.07, 6.45) is 3.78. The maximum absolute atomic E-state index is 12.3. The summed E-state index contributed by atoms with van der Waals surface area (Å²) in [6, 6.07) is 8.49. The molecule has 1 heterocycles. The highest BCUT2D eigenvalue weighted by Crippen LogP contribution is 2.21. The molecule has 1 saturated heterocycles. The van der Waals surface area contributed by atoms with Crippen LogP contribution in [0.5, 0.6) is 0 Å². The predicted molar refractivity (Wildman–Crippen MR) is 96.8 cm³/mol. The van der Waals surface area contributed by atoms with E-state index in [9.17, 15) is 4.79 Å². The van der Waals surface area contributed by atoms with Crippen LogP contribution in [-0.4, -0.2) is 36.0 Å². The van der Waals surface area contributed by atoms with Crippen LogP contribution in [0.4, 0.5) is 5.69 Å². The molecule has 25 heavy (non-hydrogen) atoms. The quantitative estimate of drug-likeness (QED) is 0.728. The molecule has 0 aromatic heterocycles. The van der Waals surface area contributed by atoms with Gasteiger partial charge in [-0.15, -0.1) is 0 Å². The van der Waals surface area contributed by atoms with Gasteiger partial charge in [-0.1, -0.05) is 11.6 Å². The molecule has 1 aromatic carbocycles. The summed E-state index contributed by atoms with van der Waals surface area (Å²) in [7, 11) is 0. The highest BCUT2D eigenvalue weighted by molar-refractivity contribution is 6.30. The van der Waals surface area contributed by atoms with E-state index in [1.54, 1.807) is 23.1 Å². The van der Waals surface area contributed by atoms with Gasteiger partial charge in [0.25, 0.3) is 0 Å². The molecule has 6 nitrogen and oxygen atoms in total. The molecular weight excluding hydrogens is 338 g/mol. The lowest BCUT2D eigenvalue weighted by molar-refractivity contribution is -0.132. The summed E-state index contributed by atoms with van der Waals surface area (Å²) in [5.74, 6) is -0.126. The summed E-state index contributed by atoms with van der Waals surface area (Å²) < 4.78 is 0. The third-order valence-corrected chi connectivity index (χ3v) is 4.60. The Morgan fingerprint density at radius 3 is 2.96 bits per heavy atom. The highest BCUT2D eigenvalue weighted by atomic mass is 35.5. The number of unbranched alkanes of at least 4 members (excludes halogenated alkanes) is 1. The Balaban J connectivity index is 1.73. The normalized spacial score (nSPS) is 17.6. The molecular formula is C18H22ClN5O. The molecule has 1 aromatic rings. The molecule has 1 aliphatic heterocycles. The van der Waals surface area contributed by atoms with Crippen molar-refractivity contribution < 1.29 is 4.79 Å². The number of rotatable bonds is 7. The van der Waals surface area contributed by atoms with Gasteiger partial charge in [0.15, 0.2) is 0 Å². The van der Waals surface area contributed by atoms with Crippen molar-refractivity contribution in [1.29, 1.82) is 10.5 Å². The number of likely N-dealkylation sites (tertiary alicyclic amines) is 1. The molecule has 1 aliphatic rings. The zero-order valence-electron chi connectivity index (χ0n) is 14.0. The second kappa shape index (κ2) is 9.27. The van der Waals surface area contributed by atoms with E-state index in [1.807, 2.05) is 0 Å². The number of nitrogens with zero attached hydrogens (tertiary/aromatic N) is 3. The van der Waals surface area contributed by atoms with Crippen LogP contribution in [0.25, 0.3) is 0 Å². The zero-order chi connectivity index (χ0) is 18.2. The van der Waals surface area contributed by atoms with E-state index in [4.69, 9.17) is 27.9 Å². The molecule has 0 unspecified atom stereocenters. The van der Waals surface area contributed by atoms with E-state index >= 15 is 0 Å². The van der Waals surface area contributed by atoms with Crippen molar-refractivity contribution in [3.63, 3.8) is 0 Å². The second-order valence-electron chi connectivity index (χ2n) is 6.15. The number of hydrogen-bond donors (Lipinski definition) is 2. The molecule has 2 rings (SSSR count). The van der Waals surface area contributed by atoms with Crippen LogP contribution in [0.2, 0.25) is 5.02 Å². The molecule has 132 valence electrons. The number of amides is 1. The standard InChI is InChI=1S/C18H22ClN5O/c19-14-7-6-13(11-20)17(10-14)23-8-2-1-5-16(22)18(25)24-9-3-4-15(24)12-21/h6-7,10,15-16,23H,1-5,8-9,22H2/t15-,16-/m0/s1. The van der Waals surface area contributed by atoms with E-state index in [-0.39, 0.29) is 11.9 Å². The van der Waals surface area contributed by atoms with Gasteiger partial charge in [-0.2, -0.15) is 10.5 Å². The summed E-state index contributed by atoms with van der Waals surface area (Å²) in [6.45, 7) is 1.29. The Kier molecular flexibility index (Phi) is 7.06. The van der Waals surface area contributed by atoms with Gasteiger partial charge < -0.3 is 16.0 Å². The molecule has 3 N–H and O–H groups in total. The maximum atomic E-state index is 12.3. The van der Waals surface area contributed by atoms with Gasteiger partial charge in [0.05, 0.1) is 23.4 Å². The van der Waals surface area contributed by atoms with Gasteiger partial charge in [0.1, 0.15) is 12.1 Å². The Labute approximate surface area is 153 Å². The first-order valence-corrected chi connectivity index (χ1v) is 8.84. The summed E-state index contributed by atoms with van der Waals surface area (Å²) >= 11 is 5.95. The number of benzene rings is 1. The molecule has 0 aliphatic carbocycles. The maximum Gasteiger partial charge on any atom is 0.240 e. The molecule has 1 amide bonds. The number of halogens is 1. The Morgan fingerprint density at radius 2 is 2.24 bits per heavy atom. The van der Waals surface area contributed by atoms with Crippen molar-refractivity contribution in [3.8, 4) is 12.1 Å². The smallest absolute Gasteiger partial charge is 0.240 e. The van der Waals surface area contributed by atoms with Gasteiger partial charge in [0, 0.05) is 18.1 Å². The Bertz CT molecular complexity index is 694. The number of hydrogen-bond acceptors (Lipinski definition) is 5. The fourth-order valence-corrected chi connectivity index (χ4v) is 3.15. The van der Waals surface area contributed by atoms with E-state index in [0.29, 0.717) is 35.8 Å². The second-order valence-corrected chi connectivity index (χ2v) is 6.59. The number of nitrogens with two attached hydrogens (primary N) is 1.